The molecule has 31 heavy (non-hydrogen) atoms. The topological polar surface area (TPSA) is 99.1 Å². The fraction of sp³-hybridized carbons (Fsp3) is 0.435. The third-order valence-electron chi connectivity index (χ3n) is 5.23. The molecule has 8 heteroatoms. The molecule has 1 heterocycles. The third-order valence-corrected chi connectivity index (χ3v) is 7.04. The van der Waals surface area contributed by atoms with Crippen molar-refractivity contribution in [3.8, 4) is 0 Å². The molecule has 0 spiro atoms. The number of ether oxygens (including phenoxy) is 3. The average Bonchev–Trinajstić information content (AvgIpc) is 3.04. The minimum atomic E-state index is -3.68. The van der Waals surface area contributed by atoms with Crippen LogP contribution in [-0.4, -0.2) is 56.8 Å². The van der Waals surface area contributed by atoms with Gasteiger partial charge in [-0.15, -0.1) is 0 Å². The Balaban J connectivity index is 1.69. The first kappa shape index (κ1) is 23.4. The van der Waals surface area contributed by atoms with Crippen molar-refractivity contribution in [1.82, 2.24) is 0 Å². The molecule has 1 N–H and O–H groups in total. The Morgan fingerprint density at radius 1 is 1.03 bits per heavy atom. The van der Waals surface area contributed by atoms with Crippen molar-refractivity contribution in [3.63, 3.8) is 0 Å². The molecular formula is C23H28O7S. The fourth-order valence-corrected chi connectivity index (χ4v) is 5.36. The number of benzene rings is 2. The molecule has 0 aliphatic carbocycles. The summed E-state index contributed by atoms with van der Waals surface area (Å²) in [6.07, 6.45) is -2.74. The largest absolute Gasteiger partial charge is 0.466 e. The van der Waals surface area contributed by atoms with E-state index in [-0.39, 0.29) is 30.3 Å². The van der Waals surface area contributed by atoms with Crippen molar-refractivity contribution in [2.75, 3.05) is 19.0 Å². The molecule has 0 unspecified atom stereocenters. The average molecular weight is 449 g/mol. The Morgan fingerprint density at radius 2 is 1.68 bits per heavy atom. The summed E-state index contributed by atoms with van der Waals surface area (Å²) < 4.78 is 42.3. The maximum Gasteiger partial charge on any atom is 0.308 e. The molecule has 0 saturated carbocycles. The molecule has 1 aliphatic heterocycles. The smallest absolute Gasteiger partial charge is 0.308 e. The van der Waals surface area contributed by atoms with Gasteiger partial charge in [0, 0.05) is 5.92 Å². The van der Waals surface area contributed by atoms with Crippen molar-refractivity contribution in [3.05, 3.63) is 66.2 Å². The van der Waals surface area contributed by atoms with E-state index in [0.717, 1.165) is 5.56 Å². The van der Waals surface area contributed by atoms with Gasteiger partial charge in [0.05, 0.1) is 49.1 Å². The van der Waals surface area contributed by atoms with E-state index in [4.69, 9.17) is 14.2 Å². The number of aliphatic hydroxyl groups is 1. The molecule has 2 aromatic carbocycles. The summed E-state index contributed by atoms with van der Waals surface area (Å²) in [4.78, 5) is 12.2. The van der Waals surface area contributed by atoms with Gasteiger partial charge >= 0.3 is 5.97 Å². The minimum Gasteiger partial charge on any atom is -0.466 e. The number of carbonyl (C=O) groups excluding carboxylic acids is 1. The van der Waals surface area contributed by atoms with E-state index in [2.05, 4.69) is 0 Å². The number of aliphatic hydroxyl groups excluding tert-OH is 1. The van der Waals surface area contributed by atoms with Gasteiger partial charge in [0.25, 0.3) is 0 Å². The number of hydrogen-bond donors (Lipinski definition) is 1. The Morgan fingerprint density at radius 3 is 2.32 bits per heavy atom. The monoisotopic (exact) mass is 448 g/mol. The molecule has 2 aromatic rings. The van der Waals surface area contributed by atoms with Gasteiger partial charge in [-0.25, -0.2) is 8.42 Å². The van der Waals surface area contributed by atoms with Crippen molar-refractivity contribution in [2.45, 2.75) is 43.2 Å². The van der Waals surface area contributed by atoms with Gasteiger partial charge in [0.1, 0.15) is 6.10 Å². The zero-order chi connectivity index (χ0) is 22.3. The van der Waals surface area contributed by atoms with E-state index in [0.29, 0.717) is 6.61 Å². The van der Waals surface area contributed by atoms with Crippen LogP contribution in [-0.2, 0) is 35.4 Å². The van der Waals surface area contributed by atoms with Crippen molar-refractivity contribution in [2.24, 2.45) is 5.92 Å². The van der Waals surface area contributed by atoms with E-state index in [1.807, 2.05) is 30.3 Å². The van der Waals surface area contributed by atoms with Gasteiger partial charge in [0.2, 0.25) is 0 Å². The molecule has 0 bridgehead atoms. The summed E-state index contributed by atoms with van der Waals surface area (Å²) in [6, 6.07) is 17.6. The van der Waals surface area contributed by atoms with Crippen LogP contribution < -0.4 is 0 Å². The lowest BCUT2D eigenvalue weighted by Gasteiger charge is -2.20. The lowest BCUT2D eigenvalue weighted by Crippen LogP contribution is -2.35. The second-order valence-corrected chi connectivity index (χ2v) is 9.51. The molecule has 7 nitrogen and oxygen atoms in total. The molecule has 4 atom stereocenters. The second kappa shape index (κ2) is 10.9. The van der Waals surface area contributed by atoms with Gasteiger partial charge in [-0.05, 0) is 24.6 Å². The standard InChI is InChI=1S/C23H28O7S/c1-2-29-22(24)13-20-19(16-31(26,27)18-11-7-4-8-12-18)23(25)21(30-20)15-28-14-17-9-5-3-6-10-17/h3-12,19-21,23,25H,2,13-16H2,1H3/t19-,20-,21+,23+/m0/s1. The van der Waals surface area contributed by atoms with Crippen molar-refractivity contribution in [1.29, 1.82) is 0 Å². The number of esters is 1. The van der Waals surface area contributed by atoms with Crippen LogP contribution >= 0.6 is 0 Å². The first-order valence-electron chi connectivity index (χ1n) is 10.3. The van der Waals surface area contributed by atoms with Crippen LogP contribution in [0.5, 0.6) is 0 Å². The molecular weight excluding hydrogens is 420 g/mol. The predicted octanol–water partition coefficient (Wildman–Crippen LogP) is 2.37. The highest BCUT2D eigenvalue weighted by molar-refractivity contribution is 7.91. The molecule has 0 radical (unpaired) electrons. The summed E-state index contributed by atoms with van der Waals surface area (Å²) in [5.74, 6) is -1.61. The van der Waals surface area contributed by atoms with Crippen LogP contribution in [0.1, 0.15) is 18.9 Å². The summed E-state index contributed by atoms with van der Waals surface area (Å²) in [5.41, 5.74) is 0.973. The van der Waals surface area contributed by atoms with Crippen LogP contribution in [0.15, 0.2) is 65.6 Å². The summed E-state index contributed by atoms with van der Waals surface area (Å²) >= 11 is 0. The van der Waals surface area contributed by atoms with Crippen molar-refractivity contribution < 1.29 is 32.5 Å². The molecule has 0 amide bonds. The number of sulfone groups is 1. The highest BCUT2D eigenvalue weighted by Crippen LogP contribution is 2.32. The number of rotatable bonds is 10. The zero-order valence-corrected chi connectivity index (χ0v) is 18.2. The lowest BCUT2D eigenvalue weighted by atomic mass is 9.96. The van der Waals surface area contributed by atoms with Crippen LogP contribution in [0, 0.1) is 5.92 Å². The molecule has 1 aliphatic rings. The zero-order valence-electron chi connectivity index (χ0n) is 17.4. The summed E-state index contributed by atoms with van der Waals surface area (Å²) in [5, 5.41) is 10.8. The fourth-order valence-electron chi connectivity index (χ4n) is 3.67. The van der Waals surface area contributed by atoms with Crippen LogP contribution in [0.3, 0.4) is 0 Å². The van der Waals surface area contributed by atoms with Crippen LogP contribution in [0.2, 0.25) is 0 Å². The Kier molecular flexibility index (Phi) is 8.20. The van der Waals surface area contributed by atoms with Crippen LogP contribution in [0.4, 0.5) is 0 Å². The summed E-state index contributed by atoms with van der Waals surface area (Å²) in [6.45, 7) is 2.32. The molecule has 1 fully saturated rings. The van der Waals surface area contributed by atoms with Gasteiger partial charge in [-0.2, -0.15) is 0 Å². The molecule has 168 valence electrons. The summed E-state index contributed by atoms with van der Waals surface area (Å²) in [7, 11) is -3.68. The first-order chi connectivity index (χ1) is 14.9. The second-order valence-electron chi connectivity index (χ2n) is 7.47. The molecule has 0 aromatic heterocycles. The Bertz CT molecular complexity index is 931. The SMILES string of the molecule is CCOC(=O)C[C@@H]1O[C@H](COCc2ccccc2)[C@H](O)[C@H]1CS(=O)(=O)c1ccccc1. The van der Waals surface area contributed by atoms with Gasteiger partial charge in [-0.3, -0.25) is 4.79 Å². The Labute approximate surface area is 182 Å². The van der Waals surface area contributed by atoms with E-state index in [1.54, 1.807) is 25.1 Å². The highest BCUT2D eigenvalue weighted by Gasteiger charge is 2.46. The van der Waals surface area contributed by atoms with Gasteiger partial charge < -0.3 is 19.3 Å². The van der Waals surface area contributed by atoms with Gasteiger partial charge in [0.15, 0.2) is 9.84 Å². The van der Waals surface area contributed by atoms with Crippen molar-refractivity contribution >= 4 is 15.8 Å². The Hall–Kier alpha value is -2.26. The van der Waals surface area contributed by atoms with Crippen LogP contribution in [0.25, 0.3) is 0 Å². The predicted molar refractivity (Wildman–Crippen MR) is 114 cm³/mol. The van der Waals surface area contributed by atoms with E-state index < -0.39 is 40.0 Å². The lowest BCUT2D eigenvalue weighted by molar-refractivity contribution is -0.147. The van der Waals surface area contributed by atoms with E-state index in [1.165, 1.54) is 12.1 Å². The number of carbonyl (C=O) groups is 1. The maximum atomic E-state index is 12.9. The van der Waals surface area contributed by atoms with E-state index >= 15 is 0 Å². The van der Waals surface area contributed by atoms with Gasteiger partial charge in [-0.1, -0.05) is 48.5 Å². The number of hydrogen-bond acceptors (Lipinski definition) is 7. The first-order valence-corrected chi connectivity index (χ1v) is 11.9. The molecule has 3 rings (SSSR count). The normalized spacial score (nSPS) is 23.5. The quantitative estimate of drug-likeness (QED) is 0.557. The maximum absolute atomic E-state index is 12.9. The minimum absolute atomic E-state index is 0.0806. The van der Waals surface area contributed by atoms with E-state index in [9.17, 15) is 18.3 Å². The molecule has 1 saturated heterocycles. The third kappa shape index (κ3) is 6.36. The highest BCUT2D eigenvalue weighted by atomic mass is 32.2.